The molecule has 0 bridgehead atoms. The molecule has 1 fully saturated rings. The highest BCUT2D eigenvalue weighted by Crippen LogP contribution is 2.26. The van der Waals surface area contributed by atoms with Gasteiger partial charge in [-0.25, -0.2) is 0 Å². The number of Topliss-reactive ketones (excluding diaryl/α,β-unsaturated/α-hetero) is 1. The van der Waals surface area contributed by atoms with Crippen LogP contribution in [0.1, 0.15) is 39.1 Å². The summed E-state index contributed by atoms with van der Waals surface area (Å²) in [6.07, 6.45) is 1.69. The van der Waals surface area contributed by atoms with Crippen molar-refractivity contribution < 1.29 is 9.59 Å². The van der Waals surface area contributed by atoms with Crippen LogP contribution in [0.5, 0.6) is 0 Å². The van der Waals surface area contributed by atoms with Crippen LogP contribution >= 0.6 is 0 Å². The maximum atomic E-state index is 13.2. The Bertz CT molecular complexity index is 1000. The lowest BCUT2D eigenvalue weighted by Crippen LogP contribution is -2.42. The SMILES string of the molecule is Cc1cccc(C(=O)N2CCC[C@H](C(=O)c3cccc4ccccc34)C2)c1. The first kappa shape index (κ1) is 17.5. The fourth-order valence-electron chi connectivity index (χ4n) is 4.00. The second-order valence-electron chi connectivity index (χ2n) is 7.35. The van der Waals surface area contributed by atoms with E-state index in [1.807, 2.05) is 78.6 Å². The molecule has 3 heteroatoms. The van der Waals surface area contributed by atoms with Gasteiger partial charge in [0.2, 0.25) is 0 Å². The van der Waals surface area contributed by atoms with Crippen LogP contribution in [-0.4, -0.2) is 29.7 Å². The molecule has 1 heterocycles. The standard InChI is InChI=1S/C24H23NO2/c1-17-7-4-10-19(15-17)24(27)25-14-6-11-20(16-25)23(26)22-13-5-9-18-8-2-3-12-21(18)22/h2-5,7-10,12-13,15,20H,6,11,14,16H2,1H3/t20-/m0/s1. The highest BCUT2D eigenvalue weighted by atomic mass is 16.2. The van der Waals surface area contributed by atoms with Crippen molar-refractivity contribution in [2.24, 2.45) is 5.92 Å². The van der Waals surface area contributed by atoms with E-state index < -0.39 is 0 Å². The third-order valence-electron chi connectivity index (χ3n) is 5.40. The van der Waals surface area contributed by atoms with Gasteiger partial charge in [0.25, 0.3) is 5.91 Å². The molecule has 27 heavy (non-hydrogen) atoms. The highest BCUT2D eigenvalue weighted by molar-refractivity contribution is 6.09. The molecule has 0 unspecified atom stereocenters. The molecule has 1 aliphatic heterocycles. The van der Waals surface area contributed by atoms with Crippen molar-refractivity contribution in [3.05, 3.63) is 83.4 Å². The van der Waals surface area contributed by atoms with Crippen LogP contribution in [0.15, 0.2) is 66.7 Å². The van der Waals surface area contributed by atoms with Crippen molar-refractivity contribution in [3.63, 3.8) is 0 Å². The normalized spacial score (nSPS) is 17.1. The second kappa shape index (κ2) is 7.36. The van der Waals surface area contributed by atoms with Gasteiger partial charge in [-0.1, -0.05) is 60.2 Å². The Hall–Kier alpha value is -2.94. The van der Waals surface area contributed by atoms with Crippen molar-refractivity contribution in [1.29, 1.82) is 0 Å². The number of rotatable bonds is 3. The van der Waals surface area contributed by atoms with Crippen molar-refractivity contribution in [1.82, 2.24) is 4.90 Å². The van der Waals surface area contributed by atoms with Crippen LogP contribution in [0.2, 0.25) is 0 Å². The molecule has 0 aliphatic carbocycles. The molecule has 1 atom stereocenters. The third kappa shape index (κ3) is 3.50. The van der Waals surface area contributed by atoms with Gasteiger partial charge in [0.05, 0.1) is 0 Å². The Morgan fingerprint density at radius 2 is 1.74 bits per heavy atom. The molecule has 0 spiro atoms. The zero-order valence-electron chi connectivity index (χ0n) is 15.5. The van der Waals surface area contributed by atoms with E-state index in [2.05, 4.69) is 0 Å². The van der Waals surface area contributed by atoms with Gasteiger partial charge in [-0.3, -0.25) is 9.59 Å². The Morgan fingerprint density at radius 1 is 0.963 bits per heavy atom. The zero-order chi connectivity index (χ0) is 18.8. The van der Waals surface area contributed by atoms with Crippen LogP contribution in [0.4, 0.5) is 0 Å². The summed E-state index contributed by atoms with van der Waals surface area (Å²) in [6.45, 7) is 3.20. The van der Waals surface area contributed by atoms with Crippen molar-refractivity contribution in [3.8, 4) is 0 Å². The van der Waals surface area contributed by atoms with Gasteiger partial charge in [0, 0.05) is 30.1 Å². The number of hydrogen-bond acceptors (Lipinski definition) is 2. The number of ketones is 1. The average Bonchev–Trinajstić information content (AvgIpc) is 2.72. The molecule has 4 rings (SSSR count). The summed E-state index contributed by atoms with van der Waals surface area (Å²) in [5, 5.41) is 2.07. The summed E-state index contributed by atoms with van der Waals surface area (Å²) >= 11 is 0. The lowest BCUT2D eigenvalue weighted by Gasteiger charge is -2.32. The number of amides is 1. The van der Waals surface area contributed by atoms with Crippen LogP contribution in [0.3, 0.4) is 0 Å². The van der Waals surface area contributed by atoms with Crippen molar-refractivity contribution >= 4 is 22.5 Å². The zero-order valence-corrected chi connectivity index (χ0v) is 15.5. The van der Waals surface area contributed by atoms with Gasteiger partial charge in [-0.15, -0.1) is 0 Å². The average molecular weight is 357 g/mol. The van der Waals surface area contributed by atoms with Crippen LogP contribution < -0.4 is 0 Å². The quantitative estimate of drug-likeness (QED) is 0.626. The number of fused-ring (bicyclic) bond motifs is 1. The topological polar surface area (TPSA) is 37.4 Å². The summed E-state index contributed by atoms with van der Waals surface area (Å²) in [5.41, 5.74) is 2.54. The van der Waals surface area contributed by atoms with E-state index in [1.165, 1.54) is 0 Å². The molecular weight excluding hydrogens is 334 g/mol. The predicted octanol–water partition coefficient (Wildman–Crippen LogP) is 4.88. The minimum atomic E-state index is -0.140. The fourth-order valence-corrected chi connectivity index (χ4v) is 4.00. The number of carbonyl (C=O) groups is 2. The number of nitrogens with zero attached hydrogens (tertiary/aromatic N) is 1. The summed E-state index contributed by atoms with van der Waals surface area (Å²) in [4.78, 5) is 28.0. The molecule has 0 aromatic heterocycles. The molecule has 0 radical (unpaired) electrons. The predicted molar refractivity (Wildman–Crippen MR) is 108 cm³/mol. The van der Waals surface area contributed by atoms with Gasteiger partial charge in [0.1, 0.15) is 0 Å². The fraction of sp³-hybridized carbons (Fsp3) is 0.250. The molecule has 3 nitrogen and oxygen atoms in total. The Kier molecular flexibility index (Phi) is 4.76. The maximum Gasteiger partial charge on any atom is 0.253 e. The summed E-state index contributed by atoms with van der Waals surface area (Å²) in [5.74, 6) is 0.0287. The van der Waals surface area contributed by atoms with E-state index in [-0.39, 0.29) is 17.6 Å². The summed E-state index contributed by atoms with van der Waals surface area (Å²) < 4.78 is 0. The first-order valence-corrected chi connectivity index (χ1v) is 9.51. The second-order valence-corrected chi connectivity index (χ2v) is 7.35. The summed E-state index contributed by atoms with van der Waals surface area (Å²) in [7, 11) is 0. The van der Waals surface area contributed by atoms with Gasteiger partial charge in [-0.2, -0.15) is 0 Å². The maximum absolute atomic E-state index is 13.2. The molecule has 3 aromatic carbocycles. The van der Waals surface area contributed by atoms with E-state index in [4.69, 9.17) is 0 Å². The van der Waals surface area contributed by atoms with Crippen LogP contribution in [-0.2, 0) is 0 Å². The minimum absolute atomic E-state index is 0.0223. The number of hydrogen-bond donors (Lipinski definition) is 0. The lowest BCUT2D eigenvalue weighted by molar-refractivity contribution is 0.0637. The summed E-state index contributed by atoms with van der Waals surface area (Å²) in [6, 6.07) is 21.5. The largest absolute Gasteiger partial charge is 0.338 e. The Labute approximate surface area is 159 Å². The number of aryl methyl sites for hydroxylation is 1. The van der Waals surface area contributed by atoms with Crippen LogP contribution in [0.25, 0.3) is 10.8 Å². The highest BCUT2D eigenvalue weighted by Gasteiger charge is 2.30. The monoisotopic (exact) mass is 357 g/mol. The van der Waals surface area contributed by atoms with Crippen LogP contribution in [0, 0.1) is 12.8 Å². The van der Waals surface area contributed by atoms with Crippen molar-refractivity contribution in [2.75, 3.05) is 13.1 Å². The van der Waals surface area contributed by atoms with E-state index in [0.29, 0.717) is 18.7 Å². The Balaban J connectivity index is 1.57. The van der Waals surface area contributed by atoms with E-state index in [1.54, 1.807) is 0 Å². The molecule has 1 aliphatic rings. The molecule has 3 aromatic rings. The molecular formula is C24H23NO2. The van der Waals surface area contributed by atoms with Gasteiger partial charge >= 0.3 is 0 Å². The first-order valence-electron chi connectivity index (χ1n) is 9.51. The van der Waals surface area contributed by atoms with Gasteiger partial charge in [-0.05, 0) is 42.7 Å². The lowest BCUT2D eigenvalue weighted by atomic mass is 9.87. The van der Waals surface area contributed by atoms with E-state index in [9.17, 15) is 9.59 Å². The Morgan fingerprint density at radius 3 is 2.59 bits per heavy atom. The molecule has 136 valence electrons. The third-order valence-corrected chi connectivity index (χ3v) is 5.40. The molecule has 1 saturated heterocycles. The van der Waals surface area contributed by atoms with E-state index in [0.717, 1.165) is 34.7 Å². The number of benzene rings is 3. The molecule has 0 saturated carbocycles. The first-order chi connectivity index (χ1) is 13.1. The smallest absolute Gasteiger partial charge is 0.253 e. The van der Waals surface area contributed by atoms with E-state index >= 15 is 0 Å². The molecule has 1 amide bonds. The minimum Gasteiger partial charge on any atom is -0.338 e. The number of carbonyl (C=O) groups excluding carboxylic acids is 2. The number of piperidine rings is 1. The number of likely N-dealkylation sites (tertiary alicyclic amines) is 1. The van der Waals surface area contributed by atoms with Gasteiger partial charge in [0.15, 0.2) is 5.78 Å². The van der Waals surface area contributed by atoms with Gasteiger partial charge < -0.3 is 4.90 Å². The molecule has 0 N–H and O–H groups in total. The van der Waals surface area contributed by atoms with Crippen molar-refractivity contribution in [2.45, 2.75) is 19.8 Å².